The van der Waals surface area contributed by atoms with Gasteiger partial charge in [-0.2, -0.15) is 0 Å². The highest BCUT2D eigenvalue weighted by Gasteiger charge is 2.00. The Morgan fingerprint density at radius 1 is 0.783 bits per heavy atom. The van der Waals surface area contributed by atoms with E-state index < -0.39 is 5.63 Å². The molecule has 0 radical (unpaired) electrons. The number of phenolic OH excluding ortho intramolecular Hbond substituents is 1. The average molecular weight is 307 g/mol. The number of phenols is 1. The number of aromatic nitrogens is 1. The van der Waals surface area contributed by atoms with Crippen molar-refractivity contribution in [2.24, 2.45) is 0 Å². The van der Waals surface area contributed by atoms with E-state index >= 15 is 0 Å². The van der Waals surface area contributed by atoms with Gasteiger partial charge in [0.1, 0.15) is 0 Å². The fourth-order valence-electron chi connectivity index (χ4n) is 2.17. The lowest BCUT2D eigenvalue weighted by atomic mass is 10.2. The van der Waals surface area contributed by atoms with Crippen LogP contribution in [0.4, 0.5) is 0 Å². The molecule has 0 saturated heterocycles. The Kier molecular flexibility index (Phi) is 3.93. The van der Waals surface area contributed by atoms with Crippen molar-refractivity contribution in [3.8, 4) is 5.75 Å². The van der Waals surface area contributed by atoms with Gasteiger partial charge in [0, 0.05) is 23.0 Å². The summed E-state index contributed by atoms with van der Waals surface area (Å²) in [5, 5.41) is 11.0. The van der Waals surface area contributed by atoms with Crippen LogP contribution in [-0.2, 0) is 0 Å². The molecule has 2 N–H and O–H groups in total. The van der Waals surface area contributed by atoms with Crippen molar-refractivity contribution in [3.63, 3.8) is 0 Å². The van der Waals surface area contributed by atoms with E-state index in [0.717, 1.165) is 16.3 Å². The number of pyridine rings is 1. The Labute approximate surface area is 130 Å². The molecular formula is C18H13NO4. The van der Waals surface area contributed by atoms with Crippen molar-refractivity contribution >= 4 is 21.9 Å². The third-order valence-electron chi connectivity index (χ3n) is 3.26. The summed E-state index contributed by atoms with van der Waals surface area (Å²) in [6.45, 7) is 0. The highest BCUT2D eigenvalue weighted by atomic mass is 16.4. The van der Waals surface area contributed by atoms with E-state index in [2.05, 4.69) is 4.98 Å². The number of para-hydroxylation sites is 2. The minimum absolute atomic E-state index is 0.00907. The number of rotatable bonds is 0. The van der Waals surface area contributed by atoms with Gasteiger partial charge in [0.05, 0.1) is 0 Å². The lowest BCUT2D eigenvalue weighted by molar-refractivity contribution is 0.457. The molecule has 0 amide bonds. The maximum Gasteiger partial charge on any atom is 0.336 e. The molecule has 5 nitrogen and oxygen atoms in total. The van der Waals surface area contributed by atoms with E-state index in [4.69, 9.17) is 4.42 Å². The van der Waals surface area contributed by atoms with Crippen molar-refractivity contribution in [2.75, 3.05) is 0 Å². The van der Waals surface area contributed by atoms with Crippen LogP contribution in [0.15, 0.2) is 80.7 Å². The van der Waals surface area contributed by atoms with Crippen LogP contribution in [0.3, 0.4) is 0 Å². The number of hydrogen-bond donors (Lipinski definition) is 2. The zero-order valence-electron chi connectivity index (χ0n) is 12.0. The van der Waals surface area contributed by atoms with Crippen LogP contribution in [0.2, 0.25) is 0 Å². The SMILES string of the molecule is O=c1ccc2cccc(O)c2o1.O=c1ccc2ccccc2[nH]1. The number of nitrogens with one attached hydrogen (secondary N) is 1. The number of aromatic amines is 1. The first-order valence-corrected chi connectivity index (χ1v) is 6.93. The Morgan fingerprint density at radius 2 is 1.52 bits per heavy atom. The second-order valence-electron chi connectivity index (χ2n) is 4.86. The van der Waals surface area contributed by atoms with E-state index in [-0.39, 0.29) is 16.9 Å². The maximum absolute atomic E-state index is 10.8. The molecule has 0 spiro atoms. The molecule has 0 saturated carbocycles. The van der Waals surface area contributed by atoms with Crippen molar-refractivity contribution < 1.29 is 9.52 Å². The van der Waals surface area contributed by atoms with Gasteiger partial charge in [0.2, 0.25) is 5.56 Å². The number of fused-ring (bicyclic) bond motifs is 2. The molecule has 0 aliphatic heterocycles. The summed E-state index contributed by atoms with van der Waals surface area (Å²) in [7, 11) is 0. The molecule has 0 aliphatic rings. The van der Waals surface area contributed by atoms with E-state index in [1.165, 1.54) is 18.2 Å². The Morgan fingerprint density at radius 3 is 2.39 bits per heavy atom. The summed E-state index contributed by atoms with van der Waals surface area (Å²) in [5.74, 6) is -0.00907. The van der Waals surface area contributed by atoms with Gasteiger partial charge < -0.3 is 14.5 Å². The third-order valence-corrected chi connectivity index (χ3v) is 3.26. The van der Waals surface area contributed by atoms with E-state index in [1.54, 1.807) is 18.2 Å². The highest BCUT2D eigenvalue weighted by Crippen LogP contribution is 2.21. The highest BCUT2D eigenvalue weighted by molar-refractivity contribution is 5.81. The second-order valence-corrected chi connectivity index (χ2v) is 4.86. The number of aromatic hydroxyl groups is 1. The molecule has 114 valence electrons. The predicted molar refractivity (Wildman–Crippen MR) is 88.7 cm³/mol. The molecule has 2 aromatic heterocycles. The number of benzene rings is 2. The van der Waals surface area contributed by atoms with E-state index in [9.17, 15) is 14.7 Å². The molecule has 0 atom stereocenters. The minimum Gasteiger partial charge on any atom is -0.504 e. The van der Waals surface area contributed by atoms with Crippen molar-refractivity contribution in [3.05, 3.63) is 87.5 Å². The summed E-state index contributed by atoms with van der Waals surface area (Å²) in [6, 6.07) is 18.9. The standard InChI is InChI=1S/C9H7NO.C9H6O3/c11-9-6-5-7-3-1-2-4-8(7)10-9;10-7-3-1-2-6-4-5-8(11)12-9(6)7/h1-6H,(H,10,11);1-5,10H. The van der Waals surface area contributed by atoms with E-state index in [1.807, 2.05) is 30.3 Å². The second kappa shape index (κ2) is 6.19. The molecule has 4 rings (SSSR count). The summed E-state index contributed by atoms with van der Waals surface area (Å²) in [4.78, 5) is 24.3. The van der Waals surface area contributed by atoms with Gasteiger partial charge in [0.15, 0.2) is 11.3 Å². The molecule has 2 aromatic carbocycles. The fourth-order valence-corrected chi connectivity index (χ4v) is 2.17. The lowest BCUT2D eigenvalue weighted by Gasteiger charge is -1.96. The molecule has 23 heavy (non-hydrogen) atoms. The first kappa shape index (κ1) is 14.6. The number of H-pyrrole nitrogens is 1. The molecule has 0 bridgehead atoms. The van der Waals surface area contributed by atoms with Crippen molar-refractivity contribution in [1.82, 2.24) is 4.98 Å². The number of hydrogen-bond acceptors (Lipinski definition) is 4. The first-order chi connectivity index (χ1) is 11.1. The Balaban J connectivity index is 0.000000136. The Hall–Kier alpha value is -3.34. The van der Waals surface area contributed by atoms with E-state index in [0.29, 0.717) is 0 Å². The van der Waals surface area contributed by atoms with Crippen LogP contribution >= 0.6 is 0 Å². The van der Waals surface area contributed by atoms with Crippen LogP contribution in [0.5, 0.6) is 5.75 Å². The molecule has 2 heterocycles. The van der Waals surface area contributed by atoms with Crippen LogP contribution < -0.4 is 11.2 Å². The van der Waals surface area contributed by atoms with Crippen molar-refractivity contribution in [2.45, 2.75) is 0 Å². The first-order valence-electron chi connectivity index (χ1n) is 6.93. The maximum atomic E-state index is 10.8. The lowest BCUT2D eigenvalue weighted by Crippen LogP contribution is -2.01. The molecular weight excluding hydrogens is 294 g/mol. The van der Waals surface area contributed by atoms with Gasteiger partial charge in [-0.25, -0.2) is 4.79 Å². The van der Waals surface area contributed by atoms with Crippen molar-refractivity contribution in [1.29, 1.82) is 0 Å². The molecule has 0 aliphatic carbocycles. The van der Waals surface area contributed by atoms with Gasteiger partial charge in [-0.05, 0) is 29.7 Å². The summed E-state index contributed by atoms with van der Waals surface area (Å²) >= 11 is 0. The van der Waals surface area contributed by atoms with Gasteiger partial charge in [-0.3, -0.25) is 4.79 Å². The van der Waals surface area contributed by atoms with Crippen LogP contribution in [-0.4, -0.2) is 10.1 Å². The quantitative estimate of drug-likeness (QED) is 0.489. The van der Waals surface area contributed by atoms with Gasteiger partial charge in [0.25, 0.3) is 0 Å². The zero-order chi connectivity index (χ0) is 16.2. The topological polar surface area (TPSA) is 83.3 Å². The molecule has 4 aromatic rings. The van der Waals surface area contributed by atoms with Crippen LogP contribution in [0.25, 0.3) is 21.9 Å². The monoisotopic (exact) mass is 307 g/mol. The smallest absolute Gasteiger partial charge is 0.336 e. The van der Waals surface area contributed by atoms with Gasteiger partial charge in [-0.15, -0.1) is 0 Å². The summed E-state index contributed by atoms with van der Waals surface area (Å²) in [6.07, 6.45) is 0. The Bertz CT molecular complexity index is 1080. The average Bonchev–Trinajstić information content (AvgIpc) is 2.56. The fraction of sp³-hybridized carbons (Fsp3) is 0. The summed E-state index contributed by atoms with van der Waals surface area (Å²) in [5.41, 5.74) is 0.623. The van der Waals surface area contributed by atoms with Gasteiger partial charge in [-0.1, -0.05) is 30.3 Å². The molecule has 0 unspecified atom stereocenters. The molecule has 5 heteroatoms. The predicted octanol–water partition coefficient (Wildman–Crippen LogP) is 3.03. The largest absolute Gasteiger partial charge is 0.504 e. The van der Waals surface area contributed by atoms with Crippen LogP contribution in [0.1, 0.15) is 0 Å². The molecule has 0 fully saturated rings. The summed E-state index contributed by atoms with van der Waals surface area (Å²) < 4.78 is 4.79. The zero-order valence-corrected chi connectivity index (χ0v) is 12.0. The van der Waals surface area contributed by atoms with Gasteiger partial charge >= 0.3 is 5.63 Å². The minimum atomic E-state index is -0.455. The third kappa shape index (κ3) is 3.29. The normalized spacial score (nSPS) is 10.3. The van der Waals surface area contributed by atoms with Crippen LogP contribution in [0, 0.1) is 0 Å².